The summed E-state index contributed by atoms with van der Waals surface area (Å²) in [7, 11) is 2.01. The van der Waals surface area contributed by atoms with Gasteiger partial charge in [0.1, 0.15) is 0 Å². The number of ketones is 2. The number of aryl methyl sites for hydroxylation is 2. The molecule has 2 aromatic rings. The second-order valence-electron chi connectivity index (χ2n) is 15.8. The Hall–Kier alpha value is -3.02. The summed E-state index contributed by atoms with van der Waals surface area (Å²) in [6.45, 7) is 10.9. The number of ether oxygens (including phenoxy) is 1. The predicted molar refractivity (Wildman–Crippen MR) is 200 cm³/mol. The highest BCUT2D eigenvalue weighted by Crippen LogP contribution is 2.69. The molecule has 5 aliphatic rings. The molecule has 0 bridgehead atoms. The minimum Gasteiger partial charge on any atom is -0.451 e. The van der Waals surface area contributed by atoms with Crippen LogP contribution in [-0.4, -0.2) is 36.7 Å². The van der Waals surface area contributed by atoms with Crippen molar-refractivity contribution in [1.82, 2.24) is 5.32 Å². The number of allylic oxidation sites excluding steroid dienone is 1. The monoisotopic (exact) mass is 685 g/mol. The predicted octanol–water partition coefficient (Wildman–Crippen LogP) is 8.90. The van der Waals surface area contributed by atoms with Gasteiger partial charge < -0.3 is 10.1 Å². The second-order valence-corrected chi connectivity index (χ2v) is 15.8. The maximum atomic E-state index is 12.8. The molecule has 6 heteroatoms. The summed E-state index contributed by atoms with van der Waals surface area (Å²) in [5, 5.41) is 3.23. The van der Waals surface area contributed by atoms with Gasteiger partial charge in [-0.05, 0) is 141 Å². The van der Waals surface area contributed by atoms with Crippen LogP contribution in [0.4, 0.5) is 0 Å². The molecule has 0 saturated heterocycles. The zero-order chi connectivity index (χ0) is 34.3. The number of hydrogen-bond donors (Lipinski definition) is 1. The molecular formula is C43H56ClNO4. The van der Waals surface area contributed by atoms with Crippen molar-refractivity contribution >= 4 is 35.5 Å². The van der Waals surface area contributed by atoms with Crippen LogP contribution in [0.15, 0.2) is 66.3 Å². The molecule has 3 fully saturated rings. The van der Waals surface area contributed by atoms with E-state index in [2.05, 4.69) is 80.7 Å². The number of rotatable bonds is 5. The van der Waals surface area contributed by atoms with E-state index < -0.39 is 5.60 Å². The minimum atomic E-state index is -0.961. The highest BCUT2D eigenvalue weighted by Gasteiger charge is 2.68. The van der Waals surface area contributed by atoms with Gasteiger partial charge in [0.25, 0.3) is 0 Å². The van der Waals surface area contributed by atoms with E-state index in [4.69, 9.17) is 4.74 Å². The van der Waals surface area contributed by atoms with Crippen molar-refractivity contribution in [2.24, 2.45) is 34.5 Å². The van der Waals surface area contributed by atoms with Crippen LogP contribution in [0.1, 0.15) is 108 Å². The molecule has 0 unspecified atom stereocenters. The van der Waals surface area contributed by atoms with Crippen molar-refractivity contribution in [2.45, 2.75) is 104 Å². The van der Waals surface area contributed by atoms with E-state index >= 15 is 0 Å². The number of nitrogens with one attached hydrogen (secondary N) is 1. The number of fused-ring (bicyclic) bond motifs is 7. The van der Waals surface area contributed by atoms with Gasteiger partial charge >= 0.3 is 5.97 Å². The number of esters is 1. The Bertz CT molecular complexity index is 1590. The van der Waals surface area contributed by atoms with E-state index in [1.165, 1.54) is 40.3 Å². The Labute approximate surface area is 300 Å². The van der Waals surface area contributed by atoms with Gasteiger partial charge in [-0.2, -0.15) is 0 Å². The fourth-order valence-electron chi connectivity index (χ4n) is 11.0. The summed E-state index contributed by atoms with van der Waals surface area (Å²) in [6, 6.07) is 17.7. The Balaban J connectivity index is 0.000000197. The number of halogens is 1. The molecule has 0 radical (unpaired) electrons. The summed E-state index contributed by atoms with van der Waals surface area (Å²) in [5.74, 6) is 1.82. The van der Waals surface area contributed by atoms with E-state index in [1.54, 1.807) is 6.92 Å². The van der Waals surface area contributed by atoms with Crippen LogP contribution in [0.2, 0.25) is 0 Å². The molecular weight excluding hydrogens is 630 g/mol. The third-order valence-corrected chi connectivity index (χ3v) is 13.3. The zero-order valence-electron chi connectivity index (χ0n) is 30.4. The standard InChI is InChI=1S/C24H34O4.C19H21N.ClH/c1-14-12-18-19(22(4)9-6-17(27)13-21(14)22)7-10-23(5)20(18)8-11-24(23,15(2)25)28-16(3)26;1-20-14-6-11-19-17-9-4-2-7-15(17)12-13-16-8-3-5-10-18(16)19;/h13-14,18-20H,6-12H2,1-5H3;2-5,7-11,20H,6,12-14H2,1H3;1H/t14-,18+,19-,20-,22+,23-,24-;;/m0../s1. The van der Waals surface area contributed by atoms with Crippen molar-refractivity contribution < 1.29 is 19.1 Å². The summed E-state index contributed by atoms with van der Waals surface area (Å²) >= 11 is 0. The highest BCUT2D eigenvalue weighted by molar-refractivity contribution is 5.92. The first-order chi connectivity index (χ1) is 22.9. The van der Waals surface area contributed by atoms with Crippen molar-refractivity contribution in [1.29, 1.82) is 0 Å². The van der Waals surface area contributed by atoms with Gasteiger partial charge in [0.15, 0.2) is 17.2 Å². The molecule has 5 nitrogen and oxygen atoms in total. The molecule has 2 aromatic carbocycles. The molecule has 7 rings (SSSR count). The smallest absolute Gasteiger partial charge is 0.303 e. The number of hydrogen-bond acceptors (Lipinski definition) is 5. The van der Waals surface area contributed by atoms with Crippen molar-refractivity contribution in [2.75, 3.05) is 13.6 Å². The highest BCUT2D eigenvalue weighted by atomic mass is 35.5. The average Bonchev–Trinajstić information content (AvgIpc) is 3.26. The first-order valence-electron chi connectivity index (χ1n) is 18.4. The largest absolute Gasteiger partial charge is 0.451 e. The maximum absolute atomic E-state index is 12.8. The van der Waals surface area contributed by atoms with E-state index in [0.29, 0.717) is 36.5 Å². The van der Waals surface area contributed by atoms with Gasteiger partial charge in [0.05, 0.1) is 0 Å². The summed E-state index contributed by atoms with van der Waals surface area (Å²) in [4.78, 5) is 36.8. The lowest BCUT2D eigenvalue weighted by Gasteiger charge is -2.60. The van der Waals surface area contributed by atoms with E-state index in [0.717, 1.165) is 57.9 Å². The first-order valence-corrected chi connectivity index (χ1v) is 18.4. The van der Waals surface area contributed by atoms with Crippen molar-refractivity contribution in [3.63, 3.8) is 0 Å². The van der Waals surface area contributed by atoms with Crippen LogP contribution in [0.5, 0.6) is 0 Å². The Morgan fingerprint density at radius 2 is 1.51 bits per heavy atom. The number of Topliss-reactive ketones (excluding diaryl/α,β-unsaturated/α-hetero) is 1. The maximum Gasteiger partial charge on any atom is 0.303 e. The van der Waals surface area contributed by atoms with Gasteiger partial charge in [0, 0.05) is 18.8 Å². The first kappa shape index (κ1) is 37.2. The molecule has 0 spiro atoms. The Kier molecular flexibility index (Phi) is 11.2. The lowest BCUT2D eigenvalue weighted by atomic mass is 9.44. The lowest BCUT2D eigenvalue weighted by molar-refractivity contribution is -0.187. The molecule has 0 aliphatic heterocycles. The fourth-order valence-corrected chi connectivity index (χ4v) is 11.0. The van der Waals surface area contributed by atoms with Gasteiger partial charge in [-0.3, -0.25) is 14.4 Å². The second kappa shape index (κ2) is 14.7. The normalized spacial score (nSPS) is 32.6. The van der Waals surface area contributed by atoms with Crippen molar-refractivity contribution in [3.05, 3.63) is 88.5 Å². The van der Waals surface area contributed by atoms with E-state index in [1.807, 2.05) is 13.1 Å². The molecule has 1 N–H and O–H groups in total. The molecule has 0 amide bonds. The van der Waals surface area contributed by atoms with Gasteiger partial charge in [0.2, 0.25) is 0 Å². The molecule has 0 aromatic heterocycles. The number of carbonyl (C=O) groups excluding carboxylic acids is 3. The van der Waals surface area contributed by atoms with Gasteiger partial charge in [-0.25, -0.2) is 0 Å². The fraction of sp³-hybridized carbons (Fsp3) is 0.558. The van der Waals surface area contributed by atoms with E-state index in [-0.39, 0.29) is 40.8 Å². The molecule has 264 valence electrons. The van der Waals surface area contributed by atoms with E-state index in [9.17, 15) is 14.4 Å². The summed E-state index contributed by atoms with van der Waals surface area (Å²) < 4.78 is 5.84. The van der Waals surface area contributed by atoms with Crippen molar-refractivity contribution in [3.8, 4) is 0 Å². The quantitative estimate of drug-likeness (QED) is 0.251. The third kappa shape index (κ3) is 6.51. The summed E-state index contributed by atoms with van der Waals surface area (Å²) in [6.07, 6.45) is 13.9. The molecule has 7 atom stereocenters. The van der Waals surface area contributed by atoms with Gasteiger partial charge in [-0.15, -0.1) is 12.4 Å². The van der Waals surface area contributed by atoms with Crippen LogP contribution in [0, 0.1) is 34.5 Å². The summed E-state index contributed by atoms with van der Waals surface area (Å²) in [5.41, 5.74) is 7.39. The van der Waals surface area contributed by atoms with Crippen LogP contribution in [-0.2, 0) is 32.0 Å². The zero-order valence-corrected chi connectivity index (χ0v) is 31.2. The minimum absolute atomic E-state index is 0. The van der Waals surface area contributed by atoms with Crippen LogP contribution < -0.4 is 5.32 Å². The Morgan fingerprint density at radius 3 is 2.10 bits per heavy atom. The lowest BCUT2D eigenvalue weighted by Crippen LogP contribution is -2.59. The van der Waals surface area contributed by atoms with Crippen LogP contribution in [0.25, 0.3) is 5.57 Å². The molecule has 0 heterocycles. The average molecular weight is 686 g/mol. The number of carbonyl (C=O) groups is 3. The third-order valence-electron chi connectivity index (χ3n) is 13.3. The topological polar surface area (TPSA) is 72.5 Å². The van der Waals surface area contributed by atoms with Crippen LogP contribution >= 0.6 is 12.4 Å². The molecule has 5 aliphatic carbocycles. The van der Waals surface area contributed by atoms with Crippen LogP contribution in [0.3, 0.4) is 0 Å². The Morgan fingerprint density at radius 1 is 0.898 bits per heavy atom. The molecule has 49 heavy (non-hydrogen) atoms. The van der Waals surface area contributed by atoms with Gasteiger partial charge in [-0.1, -0.05) is 81.0 Å². The SMILES string of the molecule is CC(=O)O[C@]1(C(C)=O)CC[C@H]2[C@@H]3C[C@H](C)C4=CC(=O)CC[C@]4(C)[C@H]3CC[C@@]21C.CNCCC=C1c2ccccc2CCc2ccccc21.Cl. The number of benzene rings is 2. The molecule has 3 saturated carbocycles.